The first-order valence-electron chi connectivity index (χ1n) is 6.43. The maximum absolute atomic E-state index is 11.2. The summed E-state index contributed by atoms with van der Waals surface area (Å²) in [5.74, 6) is 2.14. The number of carbonyl (C=O) groups excluding carboxylic acids is 1. The van der Waals surface area contributed by atoms with E-state index in [1.54, 1.807) is 0 Å². The molecule has 17 heavy (non-hydrogen) atoms. The number of carbonyl (C=O) groups is 1. The van der Waals surface area contributed by atoms with Crippen LogP contribution in [0.1, 0.15) is 68.6 Å². The molecular weight excluding hydrogens is 212 g/mol. The van der Waals surface area contributed by atoms with Crippen molar-refractivity contribution in [3.63, 3.8) is 0 Å². The monoisotopic (exact) mass is 232 g/mol. The lowest BCUT2D eigenvalue weighted by Gasteiger charge is -2.20. The van der Waals surface area contributed by atoms with E-state index < -0.39 is 0 Å². The normalized spacial score (nSPS) is 17.8. The fourth-order valence-electron chi connectivity index (χ4n) is 2.29. The lowest BCUT2D eigenvalue weighted by Crippen LogP contribution is -2.16. The Bertz CT molecular complexity index is 416. The minimum absolute atomic E-state index is 0.380. The van der Waals surface area contributed by atoms with Crippen molar-refractivity contribution in [2.45, 2.75) is 58.3 Å². The topological polar surface area (TPSA) is 42.9 Å². The summed E-state index contributed by atoms with van der Waals surface area (Å²) < 4.78 is 0. The summed E-state index contributed by atoms with van der Waals surface area (Å²) in [6.45, 7) is 6.32. The highest BCUT2D eigenvalue weighted by Gasteiger charge is 2.23. The quantitative estimate of drug-likeness (QED) is 0.786. The number of hydrogen-bond donors (Lipinski definition) is 0. The lowest BCUT2D eigenvalue weighted by atomic mass is 9.87. The third-order valence-corrected chi connectivity index (χ3v) is 3.39. The molecule has 1 aliphatic rings. The average Bonchev–Trinajstić information content (AvgIpc) is 2.29. The summed E-state index contributed by atoms with van der Waals surface area (Å²) in [6.07, 6.45) is 3.22. The van der Waals surface area contributed by atoms with Crippen molar-refractivity contribution < 1.29 is 4.79 Å². The van der Waals surface area contributed by atoms with E-state index in [1.807, 2.05) is 6.92 Å². The molecule has 0 aliphatic heterocycles. The van der Waals surface area contributed by atoms with Crippen LogP contribution in [0.4, 0.5) is 0 Å². The predicted octanol–water partition coefficient (Wildman–Crippen LogP) is 3.14. The van der Waals surface area contributed by atoms with Crippen LogP contribution in [-0.2, 0) is 4.79 Å². The molecule has 1 aromatic rings. The second kappa shape index (κ2) is 4.94. The number of aryl methyl sites for hydroxylation is 1. The summed E-state index contributed by atoms with van der Waals surface area (Å²) in [5, 5.41) is 0. The lowest BCUT2D eigenvalue weighted by molar-refractivity contribution is -0.120. The molecule has 1 aromatic heterocycles. The zero-order valence-corrected chi connectivity index (χ0v) is 10.9. The van der Waals surface area contributed by atoms with Crippen molar-refractivity contribution in [2.24, 2.45) is 0 Å². The average molecular weight is 232 g/mol. The van der Waals surface area contributed by atoms with Crippen molar-refractivity contribution in [1.82, 2.24) is 9.97 Å². The molecule has 1 heterocycles. The molecule has 1 fully saturated rings. The number of aromatic nitrogens is 2. The molecule has 0 bridgehead atoms. The van der Waals surface area contributed by atoms with Gasteiger partial charge in [0.25, 0.3) is 0 Å². The van der Waals surface area contributed by atoms with Gasteiger partial charge in [0.1, 0.15) is 11.6 Å². The molecule has 2 rings (SSSR count). The summed E-state index contributed by atoms with van der Waals surface area (Å²) in [6, 6.07) is 2.06. The van der Waals surface area contributed by atoms with Gasteiger partial charge in [-0.25, -0.2) is 9.97 Å². The molecule has 92 valence electrons. The summed E-state index contributed by atoms with van der Waals surface area (Å²) in [5.41, 5.74) is 2.15. The van der Waals surface area contributed by atoms with E-state index in [9.17, 15) is 4.79 Å². The predicted molar refractivity (Wildman–Crippen MR) is 67.1 cm³/mol. The van der Waals surface area contributed by atoms with Crippen LogP contribution in [-0.4, -0.2) is 15.8 Å². The Hall–Kier alpha value is -1.25. The van der Waals surface area contributed by atoms with Gasteiger partial charge in [0.05, 0.1) is 0 Å². The molecule has 0 N–H and O–H groups in total. The first-order chi connectivity index (χ1) is 8.06. The summed E-state index contributed by atoms with van der Waals surface area (Å²) >= 11 is 0. The molecule has 1 aliphatic carbocycles. The fraction of sp³-hybridized carbons (Fsp3) is 0.643. The van der Waals surface area contributed by atoms with Gasteiger partial charge < -0.3 is 0 Å². The fourth-order valence-corrected chi connectivity index (χ4v) is 2.29. The Morgan fingerprint density at radius 2 is 1.88 bits per heavy atom. The van der Waals surface area contributed by atoms with Crippen LogP contribution in [0.5, 0.6) is 0 Å². The van der Waals surface area contributed by atoms with E-state index in [4.69, 9.17) is 0 Å². The van der Waals surface area contributed by atoms with Crippen LogP contribution < -0.4 is 0 Å². The number of ketones is 1. The maximum atomic E-state index is 11.2. The van der Waals surface area contributed by atoms with Crippen LogP contribution >= 0.6 is 0 Å². The van der Waals surface area contributed by atoms with Gasteiger partial charge in [0.15, 0.2) is 0 Å². The van der Waals surface area contributed by atoms with Crippen LogP contribution in [0, 0.1) is 6.92 Å². The van der Waals surface area contributed by atoms with E-state index in [2.05, 4.69) is 29.9 Å². The third-order valence-electron chi connectivity index (χ3n) is 3.39. The number of rotatable bonds is 2. The number of hydrogen-bond acceptors (Lipinski definition) is 3. The van der Waals surface area contributed by atoms with Gasteiger partial charge in [-0.05, 0) is 31.7 Å². The highest BCUT2D eigenvalue weighted by Crippen LogP contribution is 2.29. The molecule has 1 saturated carbocycles. The molecule has 0 aromatic carbocycles. The minimum Gasteiger partial charge on any atom is -0.300 e. The Morgan fingerprint density at radius 1 is 1.24 bits per heavy atom. The molecule has 0 atom stereocenters. The van der Waals surface area contributed by atoms with Crippen molar-refractivity contribution >= 4 is 5.78 Å². The van der Waals surface area contributed by atoms with E-state index >= 15 is 0 Å². The molecule has 3 heteroatoms. The zero-order valence-electron chi connectivity index (χ0n) is 10.9. The highest BCUT2D eigenvalue weighted by atomic mass is 16.1. The molecule has 0 spiro atoms. The van der Waals surface area contributed by atoms with Crippen molar-refractivity contribution in [3.05, 3.63) is 23.3 Å². The van der Waals surface area contributed by atoms with Gasteiger partial charge in [-0.15, -0.1) is 0 Å². The van der Waals surface area contributed by atoms with Gasteiger partial charge in [0.2, 0.25) is 0 Å². The Kier molecular flexibility index (Phi) is 3.55. The van der Waals surface area contributed by atoms with Crippen molar-refractivity contribution in [2.75, 3.05) is 0 Å². The minimum atomic E-state index is 0.380. The van der Waals surface area contributed by atoms with E-state index in [1.165, 1.54) is 0 Å². The van der Waals surface area contributed by atoms with Crippen molar-refractivity contribution in [1.29, 1.82) is 0 Å². The Labute approximate surface area is 103 Å². The smallest absolute Gasteiger partial charge is 0.132 e. The highest BCUT2D eigenvalue weighted by molar-refractivity contribution is 5.79. The molecule has 0 amide bonds. The first-order valence-corrected chi connectivity index (χ1v) is 6.43. The zero-order chi connectivity index (χ0) is 12.4. The number of Topliss-reactive ketones (excluding diaryl/α,β-unsaturated/α-hetero) is 1. The molecule has 0 radical (unpaired) electrons. The van der Waals surface area contributed by atoms with Gasteiger partial charge in [-0.2, -0.15) is 0 Å². The second-order valence-electron chi connectivity index (χ2n) is 5.26. The summed E-state index contributed by atoms with van der Waals surface area (Å²) in [7, 11) is 0. The Morgan fingerprint density at radius 3 is 2.47 bits per heavy atom. The van der Waals surface area contributed by atoms with E-state index in [0.29, 0.717) is 30.5 Å². The van der Waals surface area contributed by atoms with Crippen molar-refractivity contribution in [3.8, 4) is 0 Å². The van der Waals surface area contributed by atoms with E-state index in [-0.39, 0.29) is 0 Å². The second-order valence-corrected chi connectivity index (χ2v) is 5.26. The largest absolute Gasteiger partial charge is 0.300 e. The Balaban J connectivity index is 2.23. The molecule has 0 saturated heterocycles. The van der Waals surface area contributed by atoms with Crippen LogP contribution in [0.15, 0.2) is 6.07 Å². The first kappa shape index (κ1) is 12.2. The van der Waals surface area contributed by atoms with Crippen LogP contribution in [0.3, 0.4) is 0 Å². The van der Waals surface area contributed by atoms with Gasteiger partial charge in [0, 0.05) is 30.1 Å². The summed E-state index contributed by atoms with van der Waals surface area (Å²) in [4.78, 5) is 20.4. The van der Waals surface area contributed by atoms with E-state index in [0.717, 1.165) is 30.1 Å². The SMILES string of the molecule is Cc1cc(C(C)C)nc(C2CCC(=O)CC2)n1. The molecule has 3 nitrogen and oxygen atoms in total. The molecule has 0 unspecified atom stereocenters. The maximum Gasteiger partial charge on any atom is 0.132 e. The van der Waals surface area contributed by atoms with Gasteiger partial charge >= 0.3 is 0 Å². The standard InChI is InChI=1S/C14H20N2O/c1-9(2)13-8-10(3)15-14(16-13)11-4-6-12(17)7-5-11/h8-9,11H,4-7H2,1-3H3. The third kappa shape index (κ3) is 2.90. The molecular formula is C14H20N2O. The van der Waals surface area contributed by atoms with Crippen LogP contribution in [0.25, 0.3) is 0 Å². The van der Waals surface area contributed by atoms with Gasteiger partial charge in [-0.3, -0.25) is 4.79 Å². The van der Waals surface area contributed by atoms with Gasteiger partial charge in [-0.1, -0.05) is 13.8 Å². The van der Waals surface area contributed by atoms with Crippen LogP contribution in [0.2, 0.25) is 0 Å². The number of nitrogens with zero attached hydrogens (tertiary/aromatic N) is 2.